The lowest BCUT2D eigenvalue weighted by molar-refractivity contribution is 0.301. The van der Waals surface area contributed by atoms with Crippen molar-refractivity contribution >= 4 is 22.6 Å². The molecule has 2 aromatic carbocycles. The minimum absolute atomic E-state index is 0.573. The SMILES string of the molecule is COc1ccc(I)c(OCc2ccccc2)c1. The third kappa shape index (κ3) is 3.36. The van der Waals surface area contributed by atoms with Crippen LogP contribution in [0.2, 0.25) is 0 Å². The minimum atomic E-state index is 0.573. The highest BCUT2D eigenvalue weighted by molar-refractivity contribution is 14.1. The summed E-state index contributed by atoms with van der Waals surface area (Å²) in [5.74, 6) is 1.67. The van der Waals surface area contributed by atoms with Crippen LogP contribution in [-0.4, -0.2) is 7.11 Å². The second-order valence-electron chi connectivity index (χ2n) is 3.57. The fourth-order valence-electron chi connectivity index (χ4n) is 1.46. The van der Waals surface area contributed by atoms with Gasteiger partial charge >= 0.3 is 0 Å². The van der Waals surface area contributed by atoms with Crippen molar-refractivity contribution in [3.63, 3.8) is 0 Å². The van der Waals surface area contributed by atoms with Crippen LogP contribution in [-0.2, 0) is 6.61 Å². The van der Waals surface area contributed by atoms with E-state index in [0.29, 0.717) is 6.61 Å². The molecule has 0 aliphatic rings. The van der Waals surface area contributed by atoms with Crippen LogP contribution in [0.3, 0.4) is 0 Å². The van der Waals surface area contributed by atoms with E-state index in [1.54, 1.807) is 7.11 Å². The quantitative estimate of drug-likeness (QED) is 0.787. The molecular weight excluding hydrogens is 327 g/mol. The average Bonchev–Trinajstić information content (AvgIpc) is 2.39. The Hall–Kier alpha value is -1.23. The Labute approximate surface area is 115 Å². The Bertz CT molecular complexity index is 483. The Morgan fingerprint density at radius 3 is 2.53 bits per heavy atom. The molecule has 0 aliphatic heterocycles. The number of ether oxygens (including phenoxy) is 2. The molecule has 2 rings (SSSR count). The van der Waals surface area contributed by atoms with Gasteiger partial charge in [0.2, 0.25) is 0 Å². The smallest absolute Gasteiger partial charge is 0.136 e. The summed E-state index contributed by atoms with van der Waals surface area (Å²) in [7, 11) is 1.66. The molecule has 0 unspecified atom stereocenters. The van der Waals surface area contributed by atoms with E-state index in [0.717, 1.165) is 20.6 Å². The predicted molar refractivity (Wildman–Crippen MR) is 76.5 cm³/mol. The Morgan fingerprint density at radius 1 is 1.06 bits per heavy atom. The molecule has 0 aliphatic carbocycles. The summed E-state index contributed by atoms with van der Waals surface area (Å²) in [4.78, 5) is 0. The summed E-state index contributed by atoms with van der Waals surface area (Å²) >= 11 is 2.26. The molecule has 0 N–H and O–H groups in total. The molecule has 0 bridgehead atoms. The van der Waals surface area contributed by atoms with Gasteiger partial charge in [0.15, 0.2) is 0 Å². The fourth-order valence-corrected chi connectivity index (χ4v) is 1.95. The van der Waals surface area contributed by atoms with Crippen LogP contribution < -0.4 is 9.47 Å². The van der Waals surface area contributed by atoms with E-state index in [1.807, 2.05) is 48.5 Å². The standard InChI is InChI=1S/C14H13IO2/c1-16-12-7-8-13(15)14(9-12)17-10-11-5-3-2-4-6-11/h2-9H,10H2,1H3. The van der Waals surface area contributed by atoms with Gasteiger partial charge in [0.05, 0.1) is 10.7 Å². The molecule has 0 fully saturated rings. The molecule has 0 radical (unpaired) electrons. The van der Waals surface area contributed by atoms with Crippen LogP contribution in [0.5, 0.6) is 11.5 Å². The van der Waals surface area contributed by atoms with E-state index in [1.165, 1.54) is 0 Å². The second kappa shape index (κ2) is 5.91. The van der Waals surface area contributed by atoms with Crippen molar-refractivity contribution in [2.24, 2.45) is 0 Å². The van der Waals surface area contributed by atoms with Gasteiger partial charge in [0.25, 0.3) is 0 Å². The summed E-state index contributed by atoms with van der Waals surface area (Å²) < 4.78 is 12.0. The molecule has 0 saturated carbocycles. The number of hydrogen-bond acceptors (Lipinski definition) is 2. The topological polar surface area (TPSA) is 18.5 Å². The molecule has 17 heavy (non-hydrogen) atoms. The summed E-state index contributed by atoms with van der Waals surface area (Å²) in [5, 5.41) is 0. The first-order valence-corrected chi connectivity index (χ1v) is 6.38. The highest BCUT2D eigenvalue weighted by atomic mass is 127. The van der Waals surface area contributed by atoms with Crippen LogP contribution in [0.4, 0.5) is 0 Å². The number of rotatable bonds is 4. The Balaban J connectivity index is 2.08. The van der Waals surface area contributed by atoms with Gasteiger partial charge in [-0.1, -0.05) is 30.3 Å². The lowest BCUT2D eigenvalue weighted by atomic mass is 10.2. The van der Waals surface area contributed by atoms with E-state index in [9.17, 15) is 0 Å². The molecule has 2 aromatic rings. The second-order valence-corrected chi connectivity index (χ2v) is 4.73. The maximum absolute atomic E-state index is 5.78. The molecule has 3 heteroatoms. The summed E-state index contributed by atoms with van der Waals surface area (Å²) in [6.07, 6.45) is 0. The summed E-state index contributed by atoms with van der Waals surface area (Å²) in [5.41, 5.74) is 1.16. The molecule has 0 aromatic heterocycles. The van der Waals surface area contributed by atoms with Gasteiger partial charge in [0, 0.05) is 6.07 Å². The zero-order valence-corrected chi connectivity index (χ0v) is 11.7. The van der Waals surface area contributed by atoms with Crippen molar-refractivity contribution in [3.8, 4) is 11.5 Å². The van der Waals surface area contributed by atoms with Crippen molar-refractivity contribution in [2.75, 3.05) is 7.11 Å². The van der Waals surface area contributed by atoms with Crippen molar-refractivity contribution < 1.29 is 9.47 Å². The van der Waals surface area contributed by atoms with E-state index in [4.69, 9.17) is 9.47 Å². The Morgan fingerprint density at radius 2 is 1.82 bits per heavy atom. The highest BCUT2D eigenvalue weighted by Gasteiger charge is 2.03. The molecule has 0 atom stereocenters. The zero-order chi connectivity index (χ0) is 12.1. The van der Waals surface area contributed by atoms with Gasteiger partial charge in [-0.05, 0) is 40.3 Å². The van der Waals surface area contributed by atoms with Crippen LogP contribution >= 0.6 is 22.6 Å². The number of methoxy groups -OCH3 is 1. The van der Waals surface area contributed by atoms with Gasteiger partial charge < -0.3 is 9.47 Å². The van der Waals surface area contributed by atoms with Crippen LogP contribution in [0.25, 0.3) is 0 Å². The van der Waals surface area contributed by atoms with E-state index in [2.05, 4.69) is 22.6 Å². The van der Waals surface area contributed by atoms with Gasteiger partial charge in [-0.3, -0.25) is 0 Å². The van der Waals surface area contributed by atoms with E-state index < -0.39 is 0 Å². The zero-order valence-electron chi connectivity index (χ0n) is 9.52. The first-order valence-electron chi connectivity index (χ1n) is 5.30. The third-order valence-corrected chi connectivity index (χ3v) is 3.27. The van der Waals surface area contributed by atoms with Crippen molar-refractivity contribution in [2.45, 2.75) is 6.61 Å². The summed E-state index contributed by atoms with van der Waals surface area (Å²) in [6.45, 7) is 0.573. The number of halogens is 1. The molecule has 0 heterocycles. The molecule has 0 spiro atoms. The van der Waals surface area contributed by atoms with Gasteiger partial charge in [-0.15, -0.1) is 0 Å². The van der Waals surface area contributed by atoms with Crippen LogP contribution in [0.15, 0.2) is 48.5 Å². The van der Waals surface area contributed by atoms with Crippen LogP contribution in [0.1, 0.15) is 5.56 Å². The van der Waals surface area contributed by atoms with Gasteiger partial charge in [-0.2, -0.15) is 0 Å². The third-order valence-electron chi connectivity index (χ3n) is 2.38. The first-order chi connectivity index (χ1) is 8.29. The lowest BCUT2D eigenvalue weighted by Crippen LogP contribution is -1.97. The molecule has 88 valence electrons. The van der Waals surface area contributed by atoms with E-state index in [-0.39, 0.29) is 0 Å². The maximum atomic E-state index is 5.78. The summed E-state index contributed by atoms with van der Waals surface area (Å²) in [6, 6.07) is 15.9. The largest absolute Gasteiger partial charge is 0.497 e. The molecule has 0 amide bonds. The normalized spacial score (nSPS) is 10.0. The number of benzene rings is 2. The van der Waals surface area contributed by atoms with Crippen LogP contribution in [0, 0.1) is 3.57 Å². The molecular formula is C14H13IO2. The van der Waals surface area contributed by atoms with Gasteiger partial charge in [0.1, 0.15) is 18.1 Å². The van der Waals surface area contributed by atoms with Crippen molar-refractivity contribution in [3.05, 3.63) is 57.7 Å². The fraction of sp³-hybridized carbons (Fsp3) is 0.143. The maximum Gasteiger partial charge on any atom is 0.136 e. The number of hydrogen-bond donors (Lipinski definition) is 0. The molecule has 0 saturated heterocycles. The van der Waals surface area contributed by atoms with Gasteiger partial charge in [-0.25, -0.2) is 0 Å². The highest BCUT2D eigenvalue weighted by Crippen LogP contribution is 2.26. The first kappa shape index (κ1) is 12.2. The monoisotopic (exact) mass is 340 g/mol. The predicted octanol–water partition coefficient (Wildman–Crippen LogP) is 3.88. The minimum Gasteiger partial charge on any atom is -0.497 e. The van der Waals surface area contributed by atoms with Crippen molar-refractivity contribution in [1.82, 2.24) is 0 Å². The Kier molecular flexibility index (Phi) is 4.25. The lowest BCUT2D eigenvalue weighted by Gasteiger charge is -2.09. The van der Waals surface area contributed by atoms with Crippen molar-refractivity contribution in [1.29, 1.82) is 0 Å². The van der Waals surface area contributed by atoms with E-state index >= 15 is 0 Å². The molecule has 2 nitrogen and oxygen atoms in total. The average molecular weight is 340 g/mol.